The van der Waals surface area contributed by atoms with Crippen molar-refractivity contribution in [2.75, 3.05) is 29.4 Å². The monoisotopic (exact) mass is 411 g/mol. The highest BCUT2D eigenvalue weighted by atomic mass is 32.2. The number of amides is 3. The van der Waals surface area contributed by atoms with Crippen LogP contribution in [-0.2, 0) is 14.3 Å². The van der Waals surface area contributed by atoms with Crippen molar-refractivity contribution in [3.8, 4) is 0 Å². The van der Waals surface area contributed by atoms with E-state index in [-0.39, 0.29) is 23.6 Å². The van der Waals surface area contributed by atoms with Crippen LogP contribution in [0.25, 0.3) is 0 Å². The molecule has 150 valence electrons. The van der Waals surface area contributed by atoms with Gasteiger partial charge in [0.1, 0.15) is 14.0 Å². The topological polar surface area (TPSA) is 79.0 Å². The number of nitrogens with zero attached hydrogens (tertiary/aromatic N) is 2. The Balaban J connectivity index is 1.32. The molecule has 3 amide bonds. The maximum atomic E-state index is 12.3. The molecule has 1 unspecified atom stereocenters. The lowest BCUT2D eigenvalue weighted by Gasteiger charge is -2.27. The highest BCUT2D eigenvalue weighted by Crippen LogP contribution is 2.30. The minimum Gasteiger partial charge on any atom is -0.442 e. The summed E-state index contributed by atoms with van der Waals surface area (Å²) in [5.41, 5.74) is 1.55. The van der Waals surface area contributed by atoms with Crippen molar-refractivity contribution < 1.29 is 19.1 Å². The number of piperidine rings is 1. The van der Waals surface area contributed by atoms with Gasteiger partial charge in [-0.15, -0.1) is 11.8 Å². The average molecular weight is 411 g/mol. The van der Waals surface area contributed by atoms with Crippen LogP contribution in [0.3, 0.4) is 0 Å². The number of nitrogens with one attached hydrogen (secondary N) is 1. The van der Waals surface area contributed by atoms with E-state index in [4.69, 9.17) is 12.6 Å². The predicted octanol–water partition coefficient (Wildman–Crippen LogP) is 2.16. The van der Waals surface area contributed by atoms with E-state index in [0.717, 1.165) is 25.1 Å². The van der Waals surface area contributed by atoms with Gasteiger partial charge in [0.15, 0.2) is 0 Å². The fourth-order valence-corrected chi connectivity index (χ4v) is 4.61. The van der Waals surface area contributed by atoms with Gasteiger partial charge < -0.3 is 15.0 Å². The van der Waals surface area contributed by atoms with E-state index in [1.807, 2.05) is 30.3 Å². The van der Waals surface area contributed by atoms with Crippen molar-refractivity contribution in [3.05, 3.63) is 35.1 Å². The van der Waals surface area contributed by atoms with Crippen LogP contribution in [-0.4, -0.2) is 56.7 Å². The molecule has 0 saturated carbocycles. The largest absolute Gasteiger partial charge is 0.442 e. The highest BCUT2D eigenvalue weighted by molar-refractivity contribution is 8.05. The molecule has 0 aliphatic carbocycles. The smallest absolute Gasteiger partial charge is 0.414 e. The van der Waals surface area contributed by atoms with Crippen LogP contribution < -0.4 is 15.1 Å². The maximum Gasteiger partial charge on any atom is 0.414 e. The molecule has 7 nitrogen and oxygen atoms in total. The zero-order chi connectivity index (χ0) is 20.4. The second-order valence-electron chi connectivity index (χ2n) is 7.33. The van der Waals surface area contributed by atoms with Crippen molar-refractivity contribution in [2.45, 2.75) is 37.0 Å². The Bertz CT molecular complexity index is 845. The summed E-state index contributed by atoms with van der Waals surface area (Å²) >= 11 is 1.35. The number of carbonyl (C=O) groups excluding carboxylic acids is 3. The first kappa shape index (κ1) is 19.9. The lowest BCUT2D eigenvalue weighted by Crippen LogP contribution is -2.38. The molecule has 0 aromatic heterocycles. The number of cyclic esters (lactones) is 1. The summed E-state index contributed by atoms with van der Waals surface area (Å²) in [6.45, 7) is 1.35. The zero-order valence-electron chi connectivity index (χ0n) is 16.0. The molecular formula is C20H22BN3O4S. The fourth-order valence-electron chi connectivity index (χ4n) is 3.70. The Morgan fingerprint density at radius 3 is 2.55 bits per heavy atom. The lowest BCUT2D eigenvalue weighted by atomic mass is 10.1. The third-order valence-corrected chi connectivity index (χ3v) is 6.41. The van der Waals surface area contributed by atoms with Crippen LogP contribution in [0.5, 0.6) is 0 Å². The predicted molar refractivity (Wildman–Crippen MR) is 113 cm³/mol. The maximum absolute atomic E-state index is 12.3. The summed E-state index contributed by atoms with van der Waals surface area (Å²) in [4.78, 5) is 40.5. The van der Waals surface area contributed by atoms with Crippen LogP contribution in [0.15, 0.2) is 35.1 Å². The molecule has 2 radical (unpaired) electrons. The Hall–Kier alpha value is -2.42. The van der Waals surface area contributed by atoms with E-state index in [1.54, 1.807) is 9.80 Å². The number of hydrogen-bond donors (Lipinski definition) is 1. The molecule has 29 heavy (non-hydrogen) atoms. The van der Waals surface area contributed by atoms with Gasteiger partial charge in [0, 0.05) is 24.3 Å². The van der Waals surface area contributed by atoms with Crippen LogP contribution >= 0.6 is 11.8 Å². The van der Waals surface area contributed by atoms with Gasteiger partial charge in [0.25, 0.3) is 0 Å². The zero-order valence-corrected chi connectivity index (χ0v) is 16.8. The molecule has 0 bridgehead atoms. The molecule has 0 spiro atoms. The number of carbonyl (C=O) groups is 3. The summed E-state index contributed by atoms with van der Waals surface area (Å²) in [5.74, 6) is 0.0366. The van der Waals surface area contributed by atoms with Crippen LogP contribution in [0.4, 0.5) is 16.2 Å². The molecule has 3 aliphatic rings. The van der Waals surface area contributed by atoms with Crippen molar-refractivity contribution in [1.82, 2.24) is 5.32 Å². The van der Waals surface area contributed by atoms with E-state index in [1.165, 1.54) is 11.8 Å². The third-order valence-electron chi connectivity index (χ3n) is 5.28. The lowest BCUT2D eigenvalue weighted by molar-refractivity contribution is -0.121. The first-order chi connectivity index (χ1) is 14.0. The Labute approximate surface area is 175 Å². The van der Waals surface area contributed by atoms with Crippen molar-refractivity contribution in [1.29, 1.82) is 0 Å². The molecule has 4 rings (SSSR count). The molecule has 3 aliphatic heterocycles. The number of rotatable bonds is 5. The minimum atomic E-state index is -0.438. The molecule has 1 N–H and O–H groups in total. The summed E-state index contributed by atoms with van der Waals surface area (Å²) in [7, 11) is 5.69. The SMILES string of the molecule is [B]C1=CCC(C(=O)NC[C@H]2CN(c3ccc(N4CCCCC4=O)cc3)C(=O)O2)S1. The second kappa shape index (κ2) is 8.53. The minimum absolute atomic E-state index is 0.100. The number of ether oxygens (including phenoxy) is 1. The first-order valence-electron chi connectivity index (χ1n) is 9.80. The third kappa shape index (κ3) is 4.44. The summed E-state index contributed by atoms with van der Waals surface area (Å²) in [5, 5.41) is 2.63. The van der Waals surface area contributed by atoms with E-state index >= 15 is 0 Å². The number of anilines is 2. The van der Waals surface area contributed by atoms with Gasteiger partial charge in [-0.25, -0.2) is 4.79 Å². The second-order valence-corrected chi connectivity index (χ2v) is 8.61. The van der Waals surface area contributed by atoms with Crippen molar-refractivity contribution in [2.24, 2.45) is 0 Å². The molecule has 1 aromatic carbocycles. The Morgan fingerprint density at radius 2 is 1.90 bits per heavy atom. The van der Waals surface area contributed by atoms with E-state index in [2.05, 4.69) is 5.32 Å². The first-order valence-corrected chi connectivity index (χ1v) is 10.7. The van der Waals surface area contributed by atoms with Gasteiger partial charge in [-0.1, -0.05) is 10.9 Å². The number of thioether (sulfide) groups is 1. The summed E-state index contributed by atoms with van der Waals surface area (Å²) in [6.07, 6.45) is 4.13. The van der Waals surface area contributed by atoms with Crippen LogP contribution in [0.1, 0.15) is 25.7 Å². The van der Waals surface area contributed by atoms with Gasteiger partial charge in [-0.2, -0.15) is 0 Å². The van der Waals surface area contributed by atoms with Gasteiger partial charge in [0.05, 0.1) is 18.3 Å². The molecule has 1 aromatic rings. The van der Waals surface area contributed by atoms with Gasteiger partial charge in [-0.05, 0) is 43.5 Å². The summed E-state index contributed by atoms with van der Waals surface area (Å²) < 4.78 is 5.39. The normalized spacial score (nSPS) is 24.5. The Morgan fingerprint density at radius 1 is 1.17 bits per heavy atom. The Kier molecular flexibility index (Phi) is 5.85. The molecule has 9 heteroatoms. The standard InChI is InChI=1S/C20H22BN3O4S/c21-17-9-8-16(29-17)19(26)22-11-15-12-24(20(27)28-15)14-6-4-13(5-7-14)23-10-2-1-3-18(23)25/h4-7,9,15-16H,1-3,8,10-12H2,(H,22,26)/t15-,16?/m0/s1. The molecular weight excluding hydrogens is 389 g/mol. The van der Waals surface area contributed by atoms with E-state index in [0.29, 0.717) is 29.9 Å². The molecule has 2 fully saturated rings. The van der Waals surface area contributed by atoms with Gasteiger partial charge in [0.2, 0.25) is 11.8 Å². The van der Waals surface area contributed by atoms with E-state index < -0.39 is 12.2 Å². The molecule has 2 atom stereocenters. The van der Waals surface area contributed by atoms with Gasteiger partial charge >= 0.3 is 6.09 Å². The highest BCUT2D eigenvalue weighted by Gasteiger charge is 2.33. The molecule has 3 heterocycles. The van der Waals surface area contributed by atoms with Crippen molar-refractivity contribution in [3.63, 3.8) is 0 Å². The van der Waals surface area contributed by atoms with Crippen LogP contribution in [0, 0.1) is 0 Å². The number of hydrogen-bond acceptors (Lipinski definition) is 5. The molecule has 2 saturated heterocycles. The average Bonchev–Trinajstić information content (AvgIpc) is 3.32. The summed E-state index contributed by atoms with van der Waals surface area (Å²) in [6, 6.07) is 7.36. The van der Waals surface area contributed by atoms with Gasteiger partial charge in [-0.3, -0.25) is 14.5 Å². The number of allylic oxidation sites excluding steroid dienone is 1. The van der Waals surface area contributed by atoms with E-state index in [9.17, 15) is 14.4 Å². The van der Waals surface area contributed by atoms with Crippen LogP contribution in [0.2, 0.25) is 0 Å². The quantitative estimate of drug-likeness (QED) is 0.752. The number of benzene rings is 1. The van der Waals surface area contributed by atoms with Crippen molar-refractivity contribution >= 4 is 48.9 Å². The fraction of sp³-hybridized carbons (Fsp3) is 0.450.